The van der Waals surface area contributed by atoms with Gasteiger partial charge in [-0.2, -0.15) is 18.2 Å². The van der Waals surface area contributed by atoms with Gasteiger partial charge in [-0.25, -0.2) is 4.98 Å². The van der Waals surface area contributed by atoms with E-state index in [-0.39, 0.29) is 30.8 Å². The van der Waals surface area contributed by atoms with Crippen LogP contribution in [0.3, 0.4) is 0 Å². The number of morpholine rings is 1. The van der Waals surface area contributed by atoms with E-state index in [1.807, 2.05) is 12.1 Å². The van der Waals surface area contributed by atoms with Gasteiger partial charge in [-0.1, -0.05) is 0 Å². The number of ether oxygens (including phenoxy) is 2. The minimum atomic E-state index is -4.60. The molecule has 2 N–H and O–H groups in total. The van der Waals surface area contributed by atoms with Crippen molar-refractivity contribution in [3.63, 3.8) is 0 Å². The first-order valence-corrected chi connectivity index (χ1v) is 13.2. The van der Waals surface area contributed by atoms with E-state index in [4.69, 9.17) is 9.47 Å². The molecule has 1 aromatic heterocycles. The molecule has 0 atom stereocenters. The van der Waals surface area contributed by atoms with Crippen LogP contribution >= 0.6 is 0 Å². The molecule has 3 heterocycles. The first-order chi connectivity index (χ1) is 18.4. The number of carbonyl (C=O) groups excluding carboxylic acids is 1. The average Bonchev–Trinajstić information content (AvgIpc) is 3.76. The van der Waals surface area contributed by atoms with Crippen molar-refractivity contribution in [1.82, 2.24) is 14.9 Å². The molecule has 0 spiro atoms. The lowest BCUT2D eigenvalue weighted by Gasteiger charge is -2.29. The van der Waals surface area contributed by atoms with Crippen LogP contribution in [-0.4, -0.2) is 79.9 Å². The van der Waals surface area contributed by atoms with Gasteiger partial charge in [0.1, 0.15) is 18.0 Å². The summed E-state index contributed by atoms with van der Waals surface area (Å²) in [5, 5.41) is 5.98. The number of anilines is 4. The highest BCUT2D eigenvalue weighted by Gasteiger charge is 2.35. The van der Waals surface area contributed by atoms with E-state index in [1.54, 1.807) is 4.90 Å². The van der Waals surface area contributed by atoms with Gasteiger partial charge in [-0.05, 0) is 55.4 Å². The normalized spacial score (nSPS) is 18.9. The van der Waals surface area contributed by atoms with E-state index < -0.39 is 11.7 Å². The predicted molar refractivity (Wildman–Crippen MR) is 137 cm³/mol. The number of carbonyl (C=O) groups is 1. The molecule has 3 fully saturated rings. The van der Waals surface area contributed by atoms with Gasteiger partial charge < -0.3 is 29.9 Å². The summed E-state index contributed by atoms with van der Waals surface area (Å²) in [6.07, 6.45) is -0.412. The number of nitrogens with zero attached hydrogens (tertiary/aromatic N) is 4. The number of hydrogen-bond acceptors (Lipinski definition) is 8. The Bertz CT molecular complexity index is 1120. The SMILES string of the molecule is O=C1COCCCN1CCCNc1nc(Nc2ccc(N3CCOCC3)cc2C2CC2)ncc1C(F)(F)F. The molecule has 2 aliphatic heterocycles. The Hall–Kier alpha value is -3.12. The van der Waals surface area contributed by atoms with Gasteiger partial charge >= 0.3 is 6.18 Å². The van der Waals surface area contributed by atoms with E-state index in [0.29, 0.717) is 45.2 Å². The molecule has 1 aliphatic carbocycles. The van der Waals surface area contributed by atoms with Crippen molar-refractivity contribution < 1.29 is 27.4 Å². The van der Waals surface area contributed by atoms with E-state index in [2.05, 4.69) is 31.6 Å². The second kappa shape index (κ2) is 11.7. The lowest BCUT2D eigenvalue weighted by Crippen LogP contribution is -2.36. The van der Waals surface area contributed by atoms with Crippen molar-refractivity contribution in [2.45, 2.75) is 37.8 Å². The van der Waals surface area contributed by atoms with Crippen molar-refractivity contribution in [2.75, 3.05) is 74.7 Å². The quantitative estimate of drug-likeness (QED) is 0.467. The third-order valence-electron chi connectivity index (χ3n) is 6.96. The van der Waals surface area contributed by atoms with E-state index >= 15 is 0 Å². The van der Waals surface area contributed by atoms with Crippen molar-refractivity contribution in [3.05, 3.63) is 35.5 Å². The van der Waals surface area contributed by atoms with Crippen molar-refractivity contribution in [2.24, 2.45) is 0 Å². The summed E-state index contributed by atoms with van der Waals surface area (Å²) >= 11 is 0. The first kappa shape index (κ1) is 26.5. The number of aromatic nitrogens is 2. The van der Waals surface area contributed by atoms with Crippen LogP contribution in [0.4, 0.5) is 36.3 Å². The van der Waals surface area contributed by atoms with E-state index in [0.717, 1.165) is 55.5 Å². The van der Waals surface area contributed by atoms with Crippen molar-refractivity contribution in [1.29, 1.82) is 0 Å². The van der Waals surface area contributed by atoms with Crippen LogP contribution in [0, 0.1) is 0 Å². The summed E-state index contributed by atoms with van der Waals surface area (Å²) < 4.78 is 51.7. The van der Waals surface area contributed by atoms with Gasteiger partial charge in [0.05, 0.1) is 13.2 Å². The zero-order valence-corrected chi connectivity index (χ0v) is 21.2. The number of amides is 1. The molecular formula is C26H33F3N6O3. The second-order valence-electron chi connectivity index (χ2n) is 9.79. The second-order valence-corrected chi connectivity index (χ2v) is 9.79. The monoisotopic (exact) mass is 534 g/mol. The van der Waals surface area contributed by atoms with E-state index in [1.165, 1.54) is 0 Å². The summed E-state index contributed by atoms with van der Waals surface area (Å²) in [5.41, 5.74) is 2.12. The number of hydrogen-bond donors (Lipinski definition) is 2. The Morgan fingerprint density at radius 3 is 2.66 bits per heavy atom. The van der Waals surface area contributed by atoms with Crippen LogP contribution < -0.4 is 15.5 Å². The van der Waals surface area contributed by atoms with Crippen LogP contribution in [0.15, 0.2) is 24.4 Å². The Morgan fingerprint density at radius 2 is 1.89 bits per heavy atom. The smallest absolute Gasteiger partial charge is 0.378 e. The zero-order chi connectivity index (χ0) is 26.5. The molecule has 2 aromatic rings. The molecule has 206 valence electrons. The minimum Gasteiger partial charge on any atom is -0.378 e. The molecule has 2 saturated heterocycles. The number of alkyl halides is 3. The highest BCUT2D eigenvalue weighted by Crippen LogP contribution is 2.45. The van der Waals surface area contributed by atoms with Gasteiger partial charge in [-0.3, -0.25) is 4.79 Å². The molecule has 1 saturated carbocycles. The van der Waals surface area contributed by atoms with Crippen LogP contribution in [0.25, 0.3) is 0 Å². The Morgan fingerprint density at radius 1 is 1.08 bits per heavy atom. The van der Waals surface area contributed by atoms with Gasteiger partial charge in [0.2, 0.25) is 11.9 Å². The Balaban J connectivity index is 1.28. The largest absolute Gasteiger partial charge is 0.421 e. The summed E-state index contributed by atoms with van der Waals surface area (Å²) in [5.74, 6) is 0.135. The number of nitrogens with one attached hydrogen (secondary N) is 2. The maximum Gasteiger partial charge on any atom is 0.421 e. The molecule has 1 aromatic carbocycles. The van der Waals surface area contributed by atoms with Gasteiger partial charge in [0.15, 0.2) is 0 Å². The molecule has 12 heteroatoms. The minimum absolute atomic E-state index is 0.0445. The van der Waals surface area contributed by atoms with Crippen LogP contribution in [0.1, 0.15) is 42.7 Å². The maximum atomic E-state index is 13.7. The zero-order valence-electron chi connectivity index (χ0n) is 21.2. The summed E-state index contributed by atoms with van der Waals surface area (Å²) in [6, 6.07) is 6.12. The third-order valence-corrected chi connectivity index (χ3v) is 6.96. The molecule has 38 heavy (non-hydrogen) atoms. The van der Waals surface area contributed by atoms with E-state index in [9.17, 15) is 18.0 Å². The molecule has 1 amide bonds. The third kappa shape index (κ3) is 6.65. The number of halogens is 3. The maximum absolute atomic E-state index is 13.7. The highest BCUT2D eigenvalue weighted by atomic mass is 19.4. The van der Waals surface area contributed by atoms with Gasteiger partial charge in [0, 0.05) is 56.9 Å². The molecule has 0 unspecified atom stereocenters. The summed E-state index contributed by atoms with van der Waals surface area (Å²) in [6.45, 7) is 4.86. The Kier molecular flexibility index (Phi) is 8.18. The fourth-order valence-corrected chi connectivity index (χ4v) is 4.77. The highest BCUT2D eigenvalue weighted by molar-refractivity contribution is 5.77. The first-order valence-electron chi connectivity index (χ1n) is 13.2. The Labute approximate surface area is 219 Å². The predicted octanol–water partition coefficient (Wildman–Crippen LogP) is 4.00. The van der Waals surface area contributed by atoms with Crippen LogP contribution in [0.2, 0.25) is 0 Å². The fraction of sp³-hybridized carbons (Fsp3) is 0.577. The van der Waals surface area contributed by atoms with Crippen LogP contribution in [0.5, 0.6) is 0 Å². The van der Waals surface area contributed by atoms with Crippen molar-refractivity contribution >= 4 is 29.0 Å². The van der Waals surface area contributed by atoms with Gasteiger partial charge in [-0.15, -0.1) is 0 Å². The molecule has 0 radical (unpaired) electrons. The fourth-order valence-electron chi connectivity index (χ4n) is 4.77. The number of benzene rings is 1. The molecule has 0 bridgehead atoms. The lowest BCUT2D eigenvalue weighted by atomic mass is 10.1. The topological polar surface area (TPSA) is 91.8 Å². The van der Waals surface area contributed by atoms with Gasteiger partial charge in [0.25, 0.3) is 0 Å². The van der Waals surface area contributed by atoms with Crippen molar-refractivity contribution in [3.8, 4) is 0 Å². The molecule has 5 rings (SSSR count). The number of rotatable bonds is 9. The average molecular weight is 535 g/mol. The molecular weight excluding hydrogens is 501 g/mol. The summed E-state index contributed by atoms with van der Waals surface area (Å²) in [7, 11) is 0. The lowest BCUT2D eigenvalue weighted by molar-refractivity contribution is -0.137. The molecule has 3 aliphatic rings. The van der Waals surface area contributed by atoms with Crippen LogP contribution in [-0.2, 0) is 20.4 Å². The summed E-state index contributed by atoms with van der Waals surface area (Å²) in [4.78, 5) is 24.2. The standard InChI is InChI=1S/C26H33F3N6O3/c27-26(28,29)21-16-31-25(33-24(21)30-7-1-8-35-9-2-12-38-17-23(35)36)32-22-6-5-19(15-20(22)18-3-4-18)34-10-13-37-14-11-34/h5-6,15-16,18H,1-4,7-14,17H2,(H2,30,31,32,33). The molecule has 9 nitrogen and oxygen atoms in total.